The average molecular weight is 304 g/mol. The van der Waals surface area contributed by atoms with Gasteiger partial charge in [-0.15, -0.1) is 0 Å². The van der Waals surface area contributed by atoms with Crippen LogP contribution < -0.4 is 0 Å². The monoisotopic (exact) mass is 303 g/mol. The van der Waals surface area contributed by atoms with Crippen LogP contribution in [0.2, 0.25) is 0 Å². The predicted octanol–water partition coefficient (Wildman–Crippen LogP) is 5.05. The normalized spacial score (nSPS) is 24.9. The van der Waals surface area contributed by atoms with E-state index in [1.165, 1.54) is 43.1 Å². The lowest BCUT2D eigenvalue weighted by Gasteiger charge is -2.20. The molecule has 2 aromatic rings. The first-order valence-corrected chi connectivity index (χ1v) is 7.75. The van der Waals surface area contributed by atoms with Crippen LogP contribution in [0, 0.1) is 0 Å². The van der Waals surface area contributed by atoms with Crippen LogP contribution in [-0.2, 0) is 0 Å². The largest absolute Gasteiger partial charge is 0.256 e. The summed E-state index contributed by atoms with van der Waals surface area (Å²) in [4.78, 5) is 5.10. The van der Waals surface area contributed by atoms with Crippen LogP contribution in [0.5, 0.6) is 0 Å². The minimum Gasteiger partial charge on any atom is -0.256 e. The zero-order valence-corrected chi connectivity index (χ0v) is 12.1. The van der Waals surface area contributed by atoms with Crippen LogP contribution in [-0.4, -0.2) is 9.81 Å². The number of benzene rings is 1. The van der Waals surface area contributed by atoms with Gasteiger partial charge in [0, 0.05) is 16.4 Å². The molecule has 94 valence electrons. The maximum Gasteiger partial charge on any atom is 0.0704 e. The highest BCUT2D eigenvalue weighted by Crippen LogP contribution is 2.37. The summed E-state index contributed by atoms with van der Waals surface area (Å²) >= 11 is 3.89. The number of hydrogen-bond acceptors (Lipinski definition) is 1. The minimum atomic E-state index is 0.626. The molecule has 2 heteroatoms. The lowest BCUT2D eigenvalue weighted by molar-refractivity contribution is 0.613. The molecular weight excluding hydrogens is 286 g/mol. The molecule has 2 unspecified atom stereocenters. The van der Waals surface area contributed by atoms with Gasteiger partial charge in [0.25, 0.3) is 0 Å². The molecule has 1 fully saturated rings. The average Bonchev–Trinajstić information content (AvgIpc) is 2.63. The van der Waals surface area contributed by atoms with Crippen LogP contribution in [0.15, 0.2) is 36.5 Å². The summed E-state index contributed by atoms with van der Waals surface area (Å²) in [6.07, 6.45) is 8.57. The Hall–Kier alpha value is -0.890. The Bertz CT molecular complexity index is 537. The lowest BCUT2D eigenvalue weighted by atomic mass is 9.91. The van der Waals surface area contributed by atoms with Crippen LogP contribution in [0.3, 0.4) is 0 Å². The van der Waals surface area contributed by atoms with Crippen molar-refractivity contribution in [3.63, 3.8) is 0 Å². The van der Waals surface area contributed by atoms with Crippen molar-refractivity contribution in [2.45, 2.75) is 42.8 Å². The second-order valence-electron chi connectivity index (χ2n) is 5.22. The Morgan fingerprint density at radius 2 is 1.94 bits per heavy atom. The van der Waals surface area contributed by atoms with Crippen LogP contribution in [0.1, 0.15) is 43.6 Å². The van der Waals surface area contributed by atoms with E-state index in [4.69, 9.17) is 0 Å². The highest BCUT2D eigenvalue weighted by atomic mass is 79.9. The molecule has 18 heavy (non-hydrogen) atoms. The third kappa shape index (κ3) is 2.44. The third-order valence-electron chi connectivity index (χ3n) is 3.99. The summed E-state index contributed by atoms with van der Waals surface area (Å²) in [5.74, 6) is 0.652. The number of hydrogen-bond donors (Lipinski definition) is 0. The van der Waals surface area contributed by atoms with Gasteiger partial charge in [-0.2, -0.15) is 0 Å². The van der Waals surface area contributed by atoms with Crippen molar-refractivity contribution in [1.82, 2.24) is 4.98 Å². The van der Waals surface area contributed by atoms with E-state index in [0.29, 0.717) is 10.7 Å². The van der Waals surface area contributed by atoms with E-state index < -0.39 is 0 Å². The summed E-state index contributed by atoms with van der Waals surface area (Å²) in [7, 11) is 0. The van der Waals surface area contributed by atoms with Crippen molar-refractivity contribution < 1.29 is 0 Å². The van der Waals surface area contributed by atoms with Gasteiger partial charge in [-0.25, -0.2) is 0 Å². The smallest absolute Gasteiger partial charge is 0.0704 e. The SMILES string of the molecule is BrC1CCCCCC1c1ccc2cccnc2c1. The van der Waals surface area contributed by atoms with E-state index in [2.05, 4.69) is 45.2 Å². The van der Waals surface area contributed by atoms with Gasteiger partial charge in [-0.3, -0.25) is 4.98 Å². The molecule has 1 aromatic carbocycles. The molecule has 2 atom stereocenters. The fourth-order valence-corrected chi connectivity index (χ4v) is 3.85. The third-order valence-corrected chi connectivity index (χ3v) is 5.09. The number of aromatic nitrogens is 1. The van der Waals surface area contributed by atoms with E-state index >= 15 is 0 Å². The molecule has 0 N–H and O–H groups in total. The summed E-state index contributed by atoms with van der Waals surface area (Å²) in [6.45, 7) is 0. The second kappa shape index (κ2) is 5.40. The second-order valence-corrected chi connectivity index (χ2v) is 6.39. The van der Waals surface area contributed by atoms with E-state index in [0.717, 1.165) is 5.52 Å². The van der Waals surface area contributed by atoms with Gasteiger partial charge < -0.3 is 0 Å². The fourth-order valence-electron chi connectivity index (χ4n) is 2.95. The van der Waals surface area contributed by atoms with Crippen molar-refractivity contribution in [3.8, 4) is 0 Å². The van der Waals surface area contributed by atoms with Crippen LogP contribution in [0.25, 0.3) is 10.9 Å². The Morgan fingerprint density at radius 1 is 1.06 bits per heavy atom. The molecular formula is C16H18BrN. The number of halogens is 1. The number of alkyl halides is 1. The molecule has 0 amide bonds. The van der Waals surface area contributed by atoms with E-state index in [1.807, 2.05) is 12.3 Å². The summed E-state index contributed by atoms with van der Waals surface area (Å²) < 4.78 is 0. The summed E-state index contributed by atoms with van der Waals surface area (Å²) in [5.41, 5.74) is 2.57. The van der Waals surface area contributed by atoms with Gasteiger partial charge in [-0.05, 0) is 36.5 Å². The summed E-state index contributed by atoms with van der Waals surface area (Å²) in [5, 5.41) is 1.24. The molecule has 1 saturated carbocycles. The maximum absolute atomic E-state index is 4.47. The maximum atomic E-state index is 4.47. The van der Waals surface area contributed by atoms with Crippen molar-refractivity contribution in [2.75, 3.05) is 0 Å². The molecule has 1 heterocycles. The first-order chi connectivity index (χ1) is 8.84. The number of fused-ring (bicyclic) bond motifs is 1. The van der Waals surface area contributed by atoms with Crippen LogP contribution in [0.4, 0.5) is 0 Å². The van der Waals surface area contributed by atoms with Crippen molar-refractivity contribution >= 4 is 26.8 Å². The first kappa shape index (κ1) is 12.2. The molecule has 1 aliphatic rings. The minimum absolute atomic E-state index is 0.626. The zero-order valence-electron chi connectivity index (χ0n) is 10.5. The molecule has 0 saturated heterocycles. The highest BCUT2D eigenvalue weighted by molar-refractivity contribution is 9.09. The van der Waals surface area contributed by atoms with Gasteiger partial charge >= 0.3 is 0 Å². The quantitative estimate of drug-likeness (QED) is 0.531. The summed E-state index contributed by atoms with van der Waals surface area (Å²) in [6, 6.07) is 10.9. The molecule has 0 radical (unpaired) electrons. The fraction of sp³-hybridized carbons (Fsp3) is 0.438. The molecule has 0 aliphatic heterocycles. The Morgan fingerprint density at radius 3 is 2.89 bits per heavy atom. The number of pyridine rings is 1. The van der Waals surface area contributed by atoms with Gasteiger partial charge in [0.2, 0.25) is 0 Å². The molecule has 3 rings (SSSR count). The molecule has 1 nitrogen and oxygen atoms in total. The molecule has 1 aliphatic carbocycles. The molecule has 0 bridgehead atoms. The van der Waals surface area contributed by atoms with E-state index in [1.54, 1.807) is 0 Å². The van der Waals surface area contributed by atoms with Gasteiger partial charge in [0.15, 0.2) is 0 Å². The Kier molecular flexibility index (Phi) is 3.64. The van der Waals surface area contributed by atoms with Crippen molar-refractivity contribution in [1.29, 1.82) is 0 Å². The van der Waals surface area contributed by atoms with Crippen LogP contribution >= 0.6 is 15.9 Å². The van der Waals surface area contributed by atoms with Crippen molar-refractivity contribution in [2.24, 2.45) is 0 Å². The standard InChI is InChI=1S/C16H18BrN/c17-15-7-3-1-2-6-14(15)13-9-8-12-5-4-10-18-16(12)11-13/h4-5,8-11,14-15H,1-3,6-7H2. The molecule has 0 spiro atoms. The van der Waals surface area contributed by atoms with Gasteiger partial charge in [0.05, 0.1) is 5.52 Å². The number of rotatable bonds is 1. The number of nitrogens with zero attached hydrogens (tertiary/aromatic N) is 1. The predicted molar refractivity (Wildman–Crippen MR) is 80.3 cm³/mol. The van der Waals surface area contributed by atoms with E-state index in [9.17, 15) is 0 Å². The topological polar surface area (TPSA) is 12.9 Å². The first-order valence-electron chi connectivity index (χ1n) is 6.83. The Balaban J connectivity index is 1.97. The zero-order chi connectivity index (χ0) is 12.4. The van der Waals surface area contributed by atoms with E-state index in [-0.39, 0.29) is 0 Å². The Labute approximate surface area is 117 Å². The van der Waals surface area contributed by atoms with Gasteiger partial charge in [-0.1, -0.05) is 53.4 Å². The van der Waals surface area contributed by atoms with Gasteiger partial charge in [0.1, 0.15) is 0 Å². The highest BCUT2D eigenvalue weighted by Gasteiger charge is 2.22. The molecule has 1 aromatic heterocycles. The lowest BCUT2D eigenvalue weighted by Crippen LogP contribution is -2.10. The van der Waals surface area contributed by atoms with Crippen molar-refractivity contribution in [3.05, 3.63) is 42.1 Å².